The molecule has 0 saturated carbocycles. The lowest BCUT2D eigenvalue weighted by atomic mass is 10.1. The van der Waals surface area contributed by atoms with Gasteiger partial charge in [0.05, 0.1) is 6.54 Å². The summed E-state index contributed by atoms with van der Waals surface area (Å²) >= 11 is 3.32. The lowest BCUT2D eigenvalue weighted by molar-refractivity contribution is -0.115. The quantitative estimate of drug-likeness (QED) is 0.678. The first-order valence-corrected chi connectivity index (χ1v) is 9.19. The molecule has 0 fully saturated rings. The second kappa shape index (κ2) is 8.81. The van der Waals surface area contributed by atoms with Crippen molar-refractivity contribution in [3.8, 4) is 0 Å². The fraction of sp³-hybridized carbons (Fsp3) is 0.250. The molecule has 27 heavy (non-hydrogen) atoms. The predicted molar refractivity (Wildman–Crippen MR) is 109 cm³/mol. The van der Waals surface area contributed by atoms with Gasteiger partial charge in [0.25, 0.3) is 11.8 Å². The van der Waals surface area contributed by atoms with Gasteiger partial charge in [0.2, 0.25) is 5.91 Å². The lowest BCUT2D eigenvalue weighted by Crippen LogP contribution is -2.40. The molecule has 0 saturated heterocycles. The smallest absolute Gasteiger partial charge is 0.251 e. The molecule has 0 aliphatic heterocycles. The number of rotatable bonds is 5. The normalized spacial score (nSPS) is 10.8. The summed E-state index contributed by atoms with van der Waals surface area (Å²) in [5, 5.41) is 8.11. The monoisotopic (exact) mass is 431 g/mol. The molecule has 0 radical (unpaired) electrons. The van der Waals surface area contributed by atoms with Crippen LogP contribution in [0.4, 0.5) is 5.69 Å². The van der Waals surface area contributed by atoms with Crippen molar-refractivity contribution in [1.82, 2.24) is 10.6 Å². The topological polar surface area (TPSA) is 87.3 Å². The van der Waals surface area contributed by atoms with E-state index in [2.05, 4.69) is 31.9 Å². The number of hydrogen-bond acceptors (Lipinski definition) is 3. The Kier molecular flexibility index (Phi) is 6.74. The first kappa shape index (κ1) is 20.6. The second-order valence-electron chi connectivity index (χ2n) is 7.02. The average Bonchev–Trinajstić information content (AvgIpc) is 2.60. The molecule has 6 nitrogen and oxygen atoms in total. The summed E-state index contributed by atoms with van der Waals surface area (Å²) in [7, 11) is 0. The fourth-order valence-electron chi connectivity index (χ4n) is 2.19. The Labute approximate surface area is 166 Å². The molecular formula is C20H22BrN3O3. The standard InChI is InChI=1S/C20H22BrN3O3/c1-20(2,3)24-19(27)14-6-4-13(5-7-14)18(26)22-12-17(25)23-16-10-8-15(21)9-11-16/h4-11H,12H2,1-3H3,(H,22,26)(H,23,25)(H,24,27). The summed E-state index contributed by atoms with van der Waals surface area (Å²) in [5.41, 5.74) is 1.15. The van der Waals surface area contributed by atoms with E-state index in [1.54, 1.807) is 36.4 Å². The highest BCUT2D eigenvalue weighted by atomic mass is 79.9. The number of carbonyl (C=O) groups is 3. The average molecular weight is 432 g/mol. The Bertz CT molecular complexity index is 825. The maximum absolute atomic E-state index is 12.2. The predicted octanol–water partition coefficient (Wildman–Crippen LogP) is 3.35. The maximum Gasteiger partial charge on any atom is 0.251 e. The van der Waals surface area contributed by atoms with Crippen LogP contribution >= 0.6 is 15.9 Å². The number of carbonyl (C=O) groups excluding carboxylic acids is 3. The molecule has 0 bridgehead atoms. The molecule has 0 aliphatic carbocycles. The van der Waals surface area contributed by atoms with Crippen molar-refractivity contribution in [3.05, 3.63) is 64.1 Å². The van der Waals surface area contributed by atoms with E-state index in [4.69, 9.17) is 0 Å². The van der Waals surface area contributed by atoms with Crippen LogP contribution in [0, 0.1) is 0 Å². The number of amides is 3. The van der Waals surface area contributed by atoms with Gasteiger partial charge in [0.1, 0.15) is 0 Å². The molecule has 0 atom stereocenters. The summed E-state index contributed by atoms with van der Waals surface area (Å²) < 4.78 is 0.911. The van der Waals surface area contributed by atoms with Crippen molar-refractivity contribution in [2.45, 2.75) is 26.3 Å². The number of halogens is 1. The van der Waals surface area contributed by atoms with Crippen LogP contribution in [-0.2, 0) is 4.79 Å². The summed E-state index contributed by atoms with van der Waals surface area (Å²) in [6.07, 6.45) is 0. The Morgan fingerprint density at radius 3 is 1.89 bits per heavy atom. The van der Waals surface area contributed by atoms with Crippen molar-refractivity contribution in [3.63, 3.8) is 0 Å². The molecule has 3 N–H and O–H groups in total. The third-order valence-corrected chi connectivity index (χ3v) is 3.96. The van der Waals surface area contributed by atoms with E-state index in [-0.39, 0.29) is 29.8 Å². The highest BCUT2D eigenvalue weighted by molar-refractivity contribution is 9.10. The lowest BCUT2D eigenvalue weighted by Gasteiger charge is -2.20. The molecule has 0 heterocycles. The summed E-state index contributed by atoms with van der Waals surface area (Å²) in [6, 6.07) is 13.4. The van der Waals surface area contributed by atoms with Gasteiger partial charge < -0.3 is 16.0 Å². The Hall–Kier alpha value is -2.67. The maximum atomic E-state index is 12.2. The van der Waals surface area contributed by atoms with Crippen LogP contribution in [0.1, 0.15) is 41.5 Å². The van der Waals surface area contributed by atoms with Gasteiger partial charge >= 0.3 is 0 Å². The van der Waals surface area contributed by atoms with Crippen molar-refractivity contribution in [2.24, 2.45) is 0 Å². The highest BCUT2D eigenvalue weighted by Gasteiger charge is 2.16. The molecular weight excluding hydrogens is 410 g/mol. The van der Waals surface area contributed by atoms with Crippen molar-refractivity contribution >= 4 is 39.3 Å². The summed E-state index contributed by atoms with van der Waals surface area (Å²) in [6.45, 7) is 5.53. The van der Waals surface area contributed by atoms with Crippen LogP contribution in [-0.4, -0.2) is 29.8 Å². The zero-order valence-corrected chi connectivity index (χ0v) is 17.0. The molecule has 0 unspecified atom stereocenters. The summed E-state index contributed by atoms with van der Waals surface area (Å²) in [4.78, 5) is 36.2. The van der Waals surface area contributed by atoms with E-state index in [1.165, 1.54) is 0 Å². The van der Waals surface area contributed by atoms with Crippen LogP contribution in [0.5, 0.6) is 0 Å². The van der Waals surface area contributed by atoms with E-state index >= 15 is 0 Å². The first-order chi connectivity index (χ1) is 12.6. The van der Waals surface area contributed by atoms with Gasteiger partial charge in [0, 0.05) is 26.8 Å². The van der Waals surface area contributed by atoms with E-state index in [0.29, 0.717) is 16.8 Å². The number of anilines is 1. The van der Waals surface area contributed by atoms with Crippen LogP contribution < -0.4 is 16.0 Å². The number of nitrogens with one attached hydrogen (secondary N) is 3. The van der Waals surface area contributed by atoms with Crippen LogP contribution in [0.2, 0.25) is 0 Å². The molecule has 2 aromatic rings. The molecule has 2 rings (SSSR count). The fourth-order valence-corrected chi connectivity index (χ4v) is 2.45. The van der Waals surface area contributed by atoms with Gasteiger partial charge in [0.15, 0.2) is 0 Å². The third kappa shape index (κ3) is 6.86. The third-order valence-electron chi connectivity index (χ3n) is 3.44. The second-order valence-corrected chi connectivity index (χ2v) is 7.93. The van der Waals surface area contributed by atoms with Gasteiger partial charge in [-0.15, -0.1) is 0 Å². The van der Waals surface area contributed by atoms with Crippen molar-refractivity contribution in [2.75, 3.05) is 11.9 Å². The van der Waals surface area contributed by atoms with E-state index in [1.807, 2.05) is 32.9 Å². The van der Waals surface area contributed by atoms with Crippen LogP contribution in [0.25, 0.3) is 0 Å². The molecule has 142 valence electrons. The Balaban J connectivity index is 1.87. The molecule has 0 aliphatic rings. The minimum absolute atomic E-state index is 0.152. The Morgan fingerprint density at radius 2 is 1.37 bits per heavy atom. The van der Waals surface area contributed by atoms with Crippen molar-refractivity contribution < 1.29 is 14.4 Å². The van der Waals surface area contributed by atoms with E-state index in [0.717, 1.165) is 4.47 Å². The van der Waals surface area contributed by atoms with Crippen LogP contribution in [0.15, 0.2) is 53.0 Å². The minimum atomic E-state index is -0.385. The van der Waals surface area contributed by atoms with Gasteiger partial charge in [-0.2, -0.15) is 0 Å². The van der Waals surface area contributed by atoms with E-state index in [9.17, 15) is 14.4 Å². The largest absolute Gasteiger partial charge is 0.347 e. The van der Waals surface area contributed by atoms with Crippen molar-refractivity contribution in [1.29, 1.82) is 0 Å². The first-order valence-electron chi connectivity index (χ1n) is 8.40. The number of benzene rings is 2. The number of hydrogen-bond donors (Lipinski definition) is 3. The molecule has 3 amide bonds. The van der Waals surface area contributed by atoms with Gasteiger partial charge in [-0.25, -0.2) is 0 Å². The molecule has 0 aromatic heterocycles. The molecule has 0 spiro atoms. The zero-order chi connectivity index (χ0) is 20.0. The van der Waals surface area contributed by atoms with Gasteiger partial charge in [-0.3, -0.25) is 14.4 Å². The zero-order valence-electron chi connectivity index (χ0n) is 15.4. The molecule has 7 heteroatoms. The van der Waals surface area contributed by atoms with Gasteiger partial charge in [-0.1, -0.05) is 15.9 Å². The van der Waals surface area contributed by atoms with E-state index < -0.39 is 0 Å². The van der Waals surface area contributed by atoms with Crippen LogP contribution in [0.3, 0.4) is 0 Å². The SMILES string of the molecule is CC(C)(C)NC(=O)c1ccc(C(=O)NCC(=O)Nc2ccc(Br)cc2)cc1. The minimum Gasteiger partial charge on any atom is -0.347 e. The summed E-state index contributed by atoms with van der Waals surface area (Å²) in [5.74, 6) is -0.918. The van der Waals surface area contributed by atoms with Gasteiger partial charge in [-0.05, 0) is 69.3 Å². The molecule has 2 aromatic carbocycles. The highest BCUT2D eigenvalue weighted by Crippen LogP contribution is 2.14. The Morgan fingerprint density at radius 1 is 0.852 bits per heavy atom.